The van der Waals surface area contributed by atoms with Gasteiger partial charge in [-0.25, -0.2) is 9.69 Å². The number of hydrogen-bond acceptors (Lipinski definition) is 2. The van der Waals surface area contributed by atoms with Crippen molar-refractivity contribution in [3.05, 3.63) is 29.3 Å². The van der Waals surface area contributed by atoms with Crippen LogP contribution in [0.1, 0.15) is 43.2 Å². The van der Waals surface area contributed by atoms with Crippen molar-refractivity contribution in [2.24, 2.45) is 5.73 Å². The van der Waals surface area contributed by atoms with Crippen LogP contribution in [-0.2, 0) is 0 Å². The maximum atomic E-state index is 12.6. The third-order valence-electron chi connectivity index (χ3n) is 4.04. The Morgan fingerprint density at radius 3 is 2.27 bits per heavy atom. The van der Waals surface area contributed by atoms with Gasteiger partial charge in [-0.05, 0) is 37.8 Å². The second kappa shape index (κ2) is 8.03. The van der Waals surface area contributed by atoms with Crippen LogP contribution in [0.15, 0.2) is 18.2 Å². The van der Waals surface area contributed by atoms with E-state index in [2.05, 4.69) is 5.32 Å². The smallest absolute Gasteiger partial charge is 0.329 e. The first kappa shape index (κ1) is 18.3. The zero-order valence-electron chi connectivity index (χ0n) is 13.2. The van der Waals surface area contributed by atoms with Crippen LogP contribution >= 0.6 is 12.4 Å². The minimum atomic E-state index is -0.299. The van der Waals surface area contributed by atoms with Crippen LogP contribution in [-0.4, -0.2) is 18.0 Å². The van der Waals surface area contributed by atoms with Crippen molar-refractivity contribution in [2.75, 3.05) is 4.90 Å². The predicted octanol–water partition coefficient (Wildman–Crippen LogP) is 3.47. The first-order chi connectivity index (χ1) is 10.0. The molecule has 1 saturated carbocycles. The topological polar surface area (TPSA) is 82.2 Å². The number of halogens is 1. The summed E-state index contributed by atoms with van der Waals surface area (Å²) < 4.78 is 0. The average Bonchev–Trinajstić information content (AvgIpc) is 2.43. The number of anilines is 1. The zero-order chi connectivity index (χ0) is 15.4. The number of guanidine groups is 1. The number of nitrogens with one attached hydrogen (secondary N) is 2. The number of carbonyl (C=O) groups is 1. The molecule has 122 valence electrons. The van der Waals surface area contributed by atoms with E-state index in [0.29, 0.717) is 5.69 Å². The Morgan fingerprint density at radius 2 is 1.77 bits per heavy atom. The van der Waals surface area contributed by atoms with Gasteiger partial charge in [0.05, 0.1) is 5.69 Å². The van der Waals surface area contributed by atoms with Crippen molar-refractivity contribution < 1.29 is 4.79 Å². The lowest BCUT2D eigenvalue weighted by Gasteiger charge is -2.29. The number of carbonyl (C=O) groups excluding carboxylic acids is 1. The van der Waals surface area contributed by atoms with Gasteiger partial charge in [-0.15, -0.1) is 12.4 Å². The third kappa shape index (κ3) is 4.13. The Morgan fingerprint density at radius 1 is 1.23 bits per heavy atom. The summed E-state index contributed by atoms with van der Waals surface area (Å²) in [5.41, 5.74) is 8.24. The van der Waals surface area contributed by atoms with Gasteiger partial charge in [-0.1, -0.05) is 37.5 Å². The van der Waals surface area contributed by atoms with Gasteiger partial charge in [-0.2, -0.15) is 0 Å². The number of urea groups is 1. The molecule has 0 aliphatic heterocycles. The zero-order valence-corrected chi connectivity index (χ0v) is 14.0. The number of benzene rings is 1. The fourth-order valence-corrected chi connectivity index (χ4v) is 2.98. The number of nitrogens with zero attached hydrogens (tertiary/aromatic N) is 1. The second-order valence-electron chi connectivity index (χ2n) is 5.75. The van der Waals surface area contributed by atoms with Crippen molar-refractivity contribution in [1.29, 1.82) is 5.41 Å². The lowest BCUT2D eigenvalue weighted by atomic mass is 9.96. The van der Waals surface area contributed by atoms with E-state index in [1.165, 1.54) is 11.3 Å². The van der Waals surface area contributed by atoms with Crippen LogP contribution in [0.3, 0.4) is 0 Å². The maximum Gasteiger partial charge on any atom is 0.329 e. The summed E-state index contributed by atoms with van der Waals surface area (Å²) in [4.78, 5) is 13.8. The quantitative estimate of drug-likeness (QED) is 0.575. The highest BCUT2D eigenvalue weighted by Crippen LogP contribution is 2.25. The molecule has 2 rings (SSSR count). The second-order valence-corrected chi connectivity index (χ2v) is 5.75. The van der Waals surface area contributed by atoms with E-state index in [0.717, 1.165) is 36.8 Å². The molecular weight excluding hydrogens is 300 g/mol. The third-order valence-corrected chi connectivity index (χ3v) is 4.04. The number of rotatable bonds is 2. The predicted molar refractivity (Wildman–Crippen MR) is 93.0 cm³/mol. The van der Waals surface area contributed by atoms with Crippen molar-refractivity contribution in [2.45, 2.75) is 52.0 Å². The molecule has 0 radical (unpaired) electrons. The van der Waals surface area contributed by atoms with E-state index < -0.39 is 0 Å². The van der Waals surface area contributed by atoms with E-state index >= 15 is 0 Å². The highest BCUT2D eigenvalue weighted by molar-refractivity contribution is 6.14. The number of para-hydroxylation sites is 1. The Bertz CT molecular complexity index is 521. The van der Waals surface area contributed by atoms with E-state index in [1.807, 2.05) is 32.0 Å². The summed E-state index contributed by atoms with van der Waals surface area (Å²) in [5, 5.41) is 10.8. The Labute approximate surface area is 138 Å². The molecule has 0 atom stereocenters. The van der Waals surface area contributed by atoms with Crippen LogP contribution in [0, 0.1) is 19.3 Å². The van der Waals surface area contributed by atoms with Crippen LogP contribution in [0.2, 0.25) is 0 Å². The van der Waals surface area contributed by atoms with Crippen LogP contribution in [0.5, 0.6) is 0 Å². The molecule has 1 aliphatic rings. The monoisotopic (exact) mass is 324 g/mol. The summed E-state index contributed by atoms with van der Waals surface area (Å²) in [6.07, 6.45) is 5.54. The van der Waals surface area contributed by atoms with Gasteiger partial charge in [0, 0.05) is 6.04 Å². The van der Waals surface area contributed by atoms with Gasteiger partial charge in [-0.3, -0.25) is 5.41 Å². The van der Waals surface area contributed by atoms with Crippen molar-refractivity contribution >= 4 is 30.1 Å². The molecule has 1 aliphatic carbocycles. The van der Waals surface area contributed by atoms with E-state index in [-0.39, 0.29) is 30.4 Å². The lowest BCUT2D eigenvalue weighted by Crippen LogP contribution is -2.51. The van der Waals surface area contributed by atoms with Gasteiger partial charge < -0.3 is 11.1 Å². The molecule has 0 bridgehead atoms. The number of nitrogens with two attached hydrogens (primary N) is 1. The maximum absolute atomic E-state index is 12.6. The highest BCUT2D eigenvalue weighted by atomic mass is 35.5. The largest absolute Gasteiger partial charge is 0.369 e. The van der Waals surface area contributed by atoms with E-state index in [1.54, 1.807) is 0 Å². The Kier molecular flexibility index (Phi) is 6.68. The molecule has 0 aromatic heterocycles. The number of aryl methyl sites for hydroxylation is 2. The summed E-state index contributed by atoms with van der Waals surface area (Å²) in [5.74, 6) is -0.249. The van der Waals surface area contributed by atoms with Crippen molar-refractivity contribution in [1.82, 2.24) is 5.32 Å². The minimum Gasteiger partial charge on any atom is -0.369 e. The summed E-state index contributed by atoms with van der Waals surface area (Å²) in [7, 11) is 0. The van der Waals surface area contributed by atoms with Gasteiger partial charge in [0.2, 0.25) is 5.96 Å². The molecule has 0 unspecified atom stereocenters. The molecule has 5 nitrogen and oxygen atoms in total. The van der Waals surface area contributed by atoms with Crippen LogP contribution in [0.4, 0.5) is 10.5 Å². The molecule has 1 fully saturated rings. The molecule has 1 aromatic rings. The molecule has 1 aromatic carbocycles. The van der Waals surface area contributed by atoms with Crippen LogP contribution in [0.25, 0.3) is 0 Å². The average molecular weight is 325 g/mol. The molecule has 6 heteroatoms. The van der Waals surface area contributed by atoms with Gasteiger partial charge >= 0.3 is 6.03 Å². The summed E-state index contributed by atoms with van der Waals surface area (Å²) in [6.45, 7) is 3.85. The number of amides is 2. The Balaban J connectivity index is 0.00000242. The van der Waals surface area contributed by atoms with Gasteiger partial charge in [0.1, 0.15) is 0 Å². The molecule has 0 saturated heterocycles. The molecule has 0 spiro atoms. The first-order valence-corrected chi connectivity index (χ1v) is 7.51. The molecule has 22 heavy (non-hydrogen) atoms. The lowest BCUT2D eigenvalue weighted by molar-refractivity contribution is 0.241. The number of hydrogen-bond donors (Lipinski definition) is 3. The van der Waals surface area contributed by atoms with Crippen molar-refractivity contribution in [3.63, 3.8) is 0 Å². The van der Waals surface area contributed by atoms with Crippen LogP contribution < -0.4 is 16.0 Å². The Hall–Kier alpha value is -1.75. The van der Waals surface area contributed by atoms with Gasteiger partial charge in [0.25, 0.3) is 0 Å². The molecule has 4 N–H and O–H groups in total. The van der Waals surface area contributed by atoms with E-state index in [4.69, 9.17) is 11.1 Å². The van der Waals surface area contributed by atoms with Crippen molar-refractivity contribution in [3.8, 4) is 0 Å². The first-order valence-electron chi connectivity index (χ1n) is 7.51. The summed E-state index contributed by atoms with van der Waals surface area (Å²) >= 11 is 0. The molecular formula is C16H25ClN4O. The molecule has 2 amide bonds. The highest BCUT2D eigenvalue weighted by Gasteiger charge is 2.25. The minimum absolute atomic E-state index is 0. The molecule has 0 heterocycles. The summed E-state index contributed by atoms with van der Waals surface area (Å²) in [6, 6.07) is 5.67. The normalized spacial score (nSPS) is 14.8. The standard InChI is InChI=1S/C16H24N4O.ClH/c1-11-7-6-8-12(2)14(11)20(15(17)18)16(21)19-13-9-4-3-5-10-13;/h6-8,13H,3-5,9-10H2,1-2H3,(H3,17,18)(H,19,21);1H. The fourth-order valence-electron chi connectivity index (χ4n) is 2.98. The SMILES string of the molecule is Cc1cccc(C)c1N(C(=N)N)C(=O)NC1CCCCC1.Cl. The van der Waals surface area contributed by atoms with E-state index in [9.17, 15) is 4.79 Å². The van der Waals surface area contributed by atoms with Gasteiger partial charge in [0.15, 0.2) is 0 Å². The fraction of sp³-hybridized carbons (Fsp3) is 0.500.